The third kappa shape index (κ3) is 2.83. The first kappa shape index (κ1) is 15.0. The fourth-order valence-electron chi connectivity index (χ4n) is 1.65. The highest BCUT2D eigenvalue weighted by Gasteiger charge is 2.32. The van der Waals surface area contributed by atoms with Crippen LogP contribution in [0.1, 0.15) is 46.7 Å². The Morgan fingerprint density at radius 3 is 2.61 bits per heavy atom. The van der Waals surface area contributed by atoms with Crippen molar-refractivity contribution in [2.45, 2.75) is 52.5 Å². The molecule has 1 atom stereocenters. The molecule has 102 valence electrons. The van der Waals surface area contributed by atoms with Crippen LogP contribution < -0.4 is 4.90 Å². The first-order valence-electron chi connectivity index (χ1n) is 6.30. The van der Waals surface area contributed by atoms with Crippen molar-refractivity contribution in [2.24, 2.45) is 0 Å². The molecule has 1 aromatic rings. The van der Waals surface area contributed by atoms with Crippen molar-refractivity contribution in [1.29, 1.82) is 0 Å². The molecule has 1 unspecified atom stereocenters. The summed E-state index contributed by atoms with van der Waals surface area (Å²) >= 11 is 1.52. The molecule has 0 aromatic carbocycles. The summed E-state index contributed by atoms with van der Waals surface area (Å²) in [4.78, 5) is 17.9. The molecule has 0 bridgehead atoms. The molecule has 0 saturated heterocycles. The minimum Gasteiger partial charge on any atom is -0.481 e. The normalized spacial score (nSPS) is 13.4. The third-order valence-electron chi connectivity index (χ3n) is 3.38. The first-order valence-corrected chi connectivity index (χ1v) is 7.18. The molecular weight excluding hydrogens is 248 g/mol. The number of hydrogen-bond acceptors (Lipinski definition) is 4. The van der Waals surface area contributed by atoms with Gasteiger partial charge < -0.3 is 10.0 Å². The Labute approximate surface area is 113 Å². The molecule has 1 heterocycles. The topological polar surface area (TPSA) is 53.4 Å². The summed E-state index contributed by atoms with van der Waals surface area (Å²) in [7, 11) is 0. The van der Waals surface area contributed by atoms with Crippen molar-refractivity contribution < 1.29 is 9.90 Å². The predicted molar refractivity (Wildman–Crippen MR) is 75.5 cm³/mol. The monoisotopic (exact) mass is 270 g/mol. The van der Waals surface area contributed by atoms with Crippen molar-refractivity contribution in [1.82, 2.24) is 4.98 Å². The molecule has 0 spiro atoms. The zero-order valence-electron chi connectivity index (χ0n) is 11.7. The van der Waals surface area contributed by atoms with Crippen molar-refractivity contribution in [3.63, 3.8) is 0 Å². The molecular formula is C13H22N2O2S. The lowest BCUT2D eigenvalue weighted by atomic mass is 9.90. The minimum atomic E-state index is -0.927. The fraction of sp³-hybridized carbons (Fsp3) is 0.692. The summed E-state index contributed by atoms with van der Waals surface area (Å²) in [5, 5.41) is 12.0. The van der Waals surface area contributed by atoms with E-state index >= 15 is 0 Å². The maximum atomic E-state index is 11.2. The average molecular weight is 270 g/mol. The van der Waals surface area contributed by atoms with Gasteiger partial charge in [-0.05, 0) is 34.1 Å². The van der Waals surface area contributed by atoms with Crippen LogP contribution in [0.5, 0.6) is 0 Å². The van der Waals surface area contributed by atoms with E-state index in [4.69, 9.17) is 0 Å². The molecule has 0 amide bonds. The van der Waals surface area contributed by atoms with Gasteiger partial charge in [0.25, 0.3) is 0 Å². The molecule has 0 aliphatic heterocycles. The van der Waals surface area contributed by atoms with Gasteiger partial charge in [-0.25, -0.2) is 4.98 Å². The Kier molecular flexibility index (Phi) is 4.73. The molecule has 1 N–H and O–H groups in total. The zero-order valence-corrected chi connectivity index (χ0v) is 12.5. The first-order chi connectivity index (χ1) is 8.34. The smallest absolute Gasteiger partial charge is 0.315 e. The van der Waals surface area contributed by atoms with E-state index in [-0.39, 0.29) is 0 Å². The molecule has 1 rings (SSSR count). The highest BCUT2D eigenvalue weighted by atomic mass is 32.1. The molecule has 0 aliphatic rings. The van der Waals surface area contributed by atoms with Crippen LogP contribution in [0.3, 0.4) is 0 Å². The molecule has 1 aromatic heterocycles. The van der Waals surface area contributed by atoms with E-state index in [1.165, 1.54) is 11.3 Å². The summed E-state index contributed by atoms with van der Waals surface area (Å²) in [6.45, 7) is 10.7. The molecule has 5 heteroatoms. The minimum absolute atomic E-state index is 0.418. The quantitative estimate of drug-likeness (QED) is 0.863. The molecule has 0 aliphatic carbocycles. The van der Waals surface area contributed by atoms with Crippen LogP contribution in [0.4, 0.5) is 5.13 Å². The number of aromatic nitrogens is 1. The van der Waals surface area contributed by atoms with E-state index in [9.17, 15) is 9.90 Å². The second-order valence-electron chi connectivity index (χ2n) is 4.99. The summed E-state index contributed by atoms with van der Waals surface area (Å²) in [6.07, 6.45) is 1.05. The number of thiazole rings is 1. The van der Waals surface area contributed by atoms with Crippen molar-refractivity contribution >= 4 is 22.4 Å². The number of anilines is 1. The van der Waals surface area contributed by atoms with Crippen LogP contribution in [0, 0.1) is 0 Å². The van der Waals surface area contributed by atoms with E-state index in [1.807, 2.05) is 5.38 Å². The van der Waals surface area contributed by atoms with Crippen LogP contribution in [-0.2, 0) is 10.2 Å². The Morgan fingerprint density at radius 2 is 2.17 bits per heavy atom. The highest BCUT2D eigenvalue weighted by Crippen LogP contribution is 2.30. The molecule has 0 fully saturated rings. The van der Waals surface area contributed by atoms with Crippen LogP contribution in [0.15, 0.2) is 5.38 Å². The largest absolute Gasteiger partial charge is 0.481 e. The van der Waals surface area contributed by atoms with Gasteiger partial charge in [0.15, 0.2) is 5.13 Å². The number of hydrogen-bond donors (Lipinski definition) is 1. The summed E-state index contributed by atoms with van der Waals surface area (Å²) < 4.78 is 0. The molecule has 0 radical (unpaired) electrons. The lowest BCUT2D eigenvalue weighted by molar-refractivity contribution is -0.142. The van der Waals surface area contributed by atoms with Crippen LogP contribution in [-0.4, -0.2) is 28.6 Å². The molecule has 0 saturated carbocycles. The van der Waals surface area contributed by atoms with Gasteiger partial charge in [0.05, 0.1) is 5.69 Å². The van der Waals surface area contributed by atoms with Gasteiger partial charge in [-0.15, -0.1) is 11.3 Å². The Morgan fingerprint density at radius 1 is 1.56 bits per heavy atom. The number of rotatable bonds is 6. The van der Waals surface area contributed by atoms with Crippen LogP contribution in [0.2, 0.25) is 0 Å². The fourth-order valence-corrected chi connectivity index (χ4v) is 2.81. The second-order valence-corrected chi connectivity index (χ2v) is 5.83. The van der Waals surface area contributed by atoms with E-state index in [0.29, 0.717) is 11.7 Å². The van der Waals surface area contributed by atoms with E-state index in [0.717, 1.165) is 18.1 Å². The number of nitrogens with zero attached hydrogens (tertiary/aromatic N) is 2. The Hall–Kier alpha value is -1.10. The summed E-state index contributed by atoms with van der Waals surface area (Å²) in [6, 6.07) is 0.418. The third-order valence-corrected chi connectivity index (χ3v) is 4.25. The second kappa shape index (κ2) is 5.69. The van der Waals surface area contributed by atoms with Crippen molar-refractivity contribution in [2.75, 3.05) is 11.4 Å². The number of carbonyl (C=O) groups is 1. The number of carboxylic acids is 1. The van der Waals surface area contributed by atoms with Gasteiger partial charge in [0.1, 0.15) is 5.41 Å². The molecule has 4 nitrogen and oxygen atoms in total. The zero-order chi connectivity index (χ0) is 13.9. The maximum Gasteiger partial charge on any atom is 0.315 e. The lowest BCUT2D eigenvalue weighted by Crippen LogP contribution is -2.33. The standard InChI is InChI=1S/C13H22N2O2S/c1-6-9(3)15(7-2)12-14-10(8-18-12)13(4,5)11(16)17/h8-9H,6-7H2,1-5H3,(H,16,17). The predicted octanol–water partition coefficient (Wildman–Crippen LogP) is 3.13. The van der Waals surface area contributed by atoms with E-state index < -0.39 is 11.4 Å². The Bertz CT molecular complexity index is 415. The SMILES string of the molecule is CCC(C)N(CC)c1nc(C(C)(C)C(=O)O)cs1. The van der Waals surface area contributed by atoms with Crippen molar-refractivity contribution in [3.8, 4) is 0 Å². The lowest BCUT2D eigenvalue weighted by Gasteiger charge is -2.26. The van der Waals surface area contributed by atoms with Gasteiger partial charge in [0, 0.05) is 18.0 Å². The van der Waals surface area contributed by atoms with E-state index in [2.05, 4.69) is 30.7 Å². The van der Waals surface area contributed by atoms with Gasteiger partial charge >= 0.3 is 5.97 Å². The van der Waals surface area contributed by atoms with Gasteiger partial charge in [-0.2, -0.15) is 0 Å². The summed E-state index contributed by atoms with van der Waals surface area (Å²) in [5.74, 6) is -0.842. The van der Waals surface area contributed by atoms with Crippen LogP contribution in [0.25, 0.3) is 0 Å². The Balaban J connectivity index is 3.02. The van der Waals surface area contributed by atoms with Gasteiger partial charge in [-0.3, -0.25) is 4.79 Å². The van der Waals surface area contributed by atoms with Gasteiger partial charge in [-0.1, -0.05) is 6.92 Å². The van der Waals surface area contributed by atoms with E-state index in [1.54, 1.807) is 13.8 Å². The van der Waals surface area contributed by atoms with Crippen molar-refractivity contribution in [3.05, 3.63) is 11.1 Å². The van der Waals surface area contributed by atoms with Crippen LogP contribution >= 0.6 is 11.3 Å². The number of aliphatic carboxylic acids is 1. The highest BCUT2D eigenvalue weighted by molar-refractivity contribution is 7.13. The maximum absolute atomic E-state index is 11.2. The number of carboxylic acid groups (broad SMARTS) is 1. The average Bonchev–Trinajstić information content (AvgIpc) is 2.79. The summed E-state index contributed by atoms with van der Waals surface area (Å²) in [5.41, 5.74) is -0.291. The van der Waals surface area contributed by atoms with Gasteiger partial charge in [0.2, 0.25) is 0 Å². The molecule has 18 heavy (non-hydrogen) atoms.